The second kappa shape index (κ2) is 8.75. The lowest BCUT2D eigenvalue weighted by molar-refractivity contribution is -0.122. The Morgan fingerprint density at radius 2 is 1.92 bits per heavy atom. The molecule has 2 aromatic rings. The molecule has 5 nitrogen and oxygen atoms in total. The lowest BCUT2D eigenvalue weighted by Gasteiger charge is -2.30. The van der Waals surface area contributed by atoms with Gasteiger partial charge in [-0.25, -0.2) is 0 Å². The van der Waals surface area contributed by atoms with Crippen LogP contribution >= 0.6 is 27.5 Å². The minimum Gasteiger partial charge on any atom is -0.481 e. The van der Waals surface area contributed by atoms with E-state index in [-0.39, 0.29) is 5.91 Å². The first-order chi connectivity index (χ1) is 12.5. The van der Waals surface area contributed by atoms with E-state index >= 15 is 0 Å². The molecule has 0 bridgehead atoms. The monoisotopic (exact) mass is 438 g/mol. The topological polar surface area (TPSA) is 50.8 Å². The van der Waals surface area contributed by atoms with Gasteiger partial charge in [0.15, 0.2) is 6.10 Å². The Morgan fingerprint density at radius 1 is 1.23 bits per heavy atom. The summed E-state index contributed by atoms with van der Waals surface area (Å²) >= 11 is 9.51. The third kappa shape index (κ3) is 4.90. The number of hydrogen-bond donors (Lipinski definition) is 1. The van der Waals surface area contributed by atoms with Crippen LogP contribution in [0.5, 0.6) is 5.75 Å². The van der Waals surface area contributed by atoms with Crippen molar-refractivity contribution in [1.82, 2.24) is 0 Å². The summed E-state index contributed by atoms with van der Waals surface area (Å²) in [4.78, 5) is 14.8. The van der Waals surface area contributed by atoms with Gasteiger partial charge in [0.1, 0.15) is 5.75 Å². The molecule has 0 saturated carbocycles. The fourth-order valence-corrected chi connectivity index (χ4v) is 3.13. The molecule has 3 rings (SSSR count). The molecule has 1 N–H and O–H groups in total. The lowest BCUT2D eigenvalue weighted by atomic mass is 10.2. The molecule has 0 radical (unpaired) electrons. The number of rotatable bonds is 5. The average Bonchev–Trinajstić information content (AvgIpc) is 2.64. The molecule has 1 aliphatic rings. The van der Waals surface area contributed by atoms with E-state index in [0.29, 0.717) is 29.7 Å². The summed E-state index contributed by atoms with van der Waals surface area (Å²) in [6.45, 7) is 4.60. The predicted octanol–water partition coefficient (Wildman–Crippen LogP) is 4.35. The van der Waals surface area contributed by atoms with Gasteiger partial charge in [0.2, 0.25) is 0 Å². The first-order valence-corrected chi connectivity index (χ1v) is 9.55. The second-order valence-corrected chi connectivity index (χ2v) is 7.32. The van der Waals surface area contributed by atoms with Crippen molar-refractivity contribution in [3.8, 4) is 5.75 Å². The normalized spacial score (nSPS) is 15.4. The summed E-state index contributed by atoms with van der Waals surface area (Å²) in [5.74, 6) is 0.403. The van der Waals surface area contributed by atoms with Gasteiger partial charge in [-0.1, -0.05) is 27.5 Å². The van der Waals surface area contributed by atoms with Gasteiger partial charge in [-0.2, -0.15) is 0 Å². The minimum atomic E-state index is -0.646. The van der Waals surface area contributed by atoms with Gasteiger partial charge in [0.25, 0.3) is 5.91 Å². The van der Waals surface area contributed by atoms with E-state index < -0.39 is 6.10 Å². The summed E-state index contributed by atoms with van der Waals surface area (Å²) in [6.07, 6.45) is -0.646. The molecule has 138 valence electrons. The number of morpholine rings is 1. The molecule has 0 spiro atoms. The Labute approximate surface area is 166 Å². The molecule has 1 saturated heterocycles. The van der Waals surface area contributed by atoms with E-state index in [4.69, 9.17) is 21.1 Å². The van der Waals surface area contributed by atoms with Gasteiger partial charge in [-0.3, -0.25) is 4.79 Å². The summed E-state index contributed by atoms with van der Waals surface area (Å²) in [7, 11) is 0. The van der Waals surface area contributed by atoms with Crippen LogP contribution in [0, 0.1) is 0 Å². The highest BCUT2D eigenvalue weighted by Gasteiger charge is 2.20. The van der Waals surface area contributed by atoms with Gasteiger partial charge in [0, 0.05) is 22.6 Å². The predicted molar refractivity (Wildman–Crippen MR) is 107 cm³/mol. The fraction of sp³-hybridized carbons (Fsp3) is 0.316. The quantitative estimate of drug-likeness (QED) is 0.753. The van der Waals surface area contributed by atoms with Crippen LogP contribution in [-0.4, -0.2) is 38.3 Å². The first kappa shape index (κ1) is 19.0. The molecule has 1 fully saturated rings. The third-order valence-electron chi connectivity index (χ3n) is 4.06. The molecule has 26 heavy (non-hydrogen) atoms. The smallest absolute Gasteiger partial charge is 0.265 e. The number of halogens is 2. The molecule has 1 atom stereocenters. The van der Waals surface area contributed by atoms with Crippen LogP contribution in [0.25, 0.3) is 0 Å². The minimum absolute atomic E-state index is 0.232. The van der Waals surface area contributed by atoms with E-state index in [2.05, 4.69) is 26.1 Å². The average molecular weight is 440 g/mol. The van der Waals surface area contributed by atoms with Crippen molar-refractivity contribution in [2.45, 2.75) is 13.0 Å². The van der Waals surface area contributed by atoms with E-state index in [0.717, 1.165) is 23.2 Å². The van der Waals surface area contributed by atoms with Crippen LogP contribution in [0.3, 0.4) is 0 Å². The molecule has 1 aliphatic heterocycles. The third-order valence-corrected chi connectivity index (χ3v) is 4.83. The number of ether oxygens (including phenoxy) is 2. The summed E-state index contributed by atoms with van der Waals surface area (Å²) < 4.78 is 12.1. The van der Waals surface area contributed by atoms with Gasteiger partial charge in [0.05, 0.1) is 24.6 Å². The van der Waals surface area contributed by atoms with Crippen molar-refractivity contribution in [3.05, 3.63) is 52.0 Å². The zero-order valence-electron chi connectivity index (χ0n) is 14.4. The number of nitrogens with zero attached hydrogens (tertiary/aromatic N) is 1. The van der Waals surface area contributed by atoms with Crippen LogP contribution in [0.2, 0.25) is 5.02 Å². The van der Waals surface area contributed by atoms with E-state index in [1.807, 2.05) is 36.4 Å². The van der Waals surface area contributed by atoms with Crippen LogP contribution in [0.4, 0.5) is 11.4 Å². The van der Waals surface area contributed by atoms with Crippen molar-refractivity contribution in [2.75, 3.05) is 36.5 Å². The Hall–Kier alpha value is -1.76. The Kier molecular flexibility index (Phi) is 6.40. The molecule has 1 unspecified atom stereocenters. The van der Waals surface area contributed by atoms with Crippen molar-refractivity contribution >= 4 is 44.8 Å². The van der Waals surface area contributed by atoms with Gasteiger partial charge in [-0.15, -0.1) is 0 Å². The molecule has 2 aromatic carbocycles. The van der Waals surface area contributed by atoms with E-state index in [1.165, 1.54) is 0 Å². The van der Waals surface area contributed by atoms with E-state index in [9.17, 15) is 4.79 Å². The highest BCUT2D eigenvalue weighted by atomic mass is 79.9. The maximum atomic E-state index is 12.6. The number of nitrogens with one attached hydrogen (secondary N) is 1. The molecule has 0 aromatic heterocycles. The van der Waals surface area contributed by atoms with Crippen LogP contribution in [0.15, 0.2) is 46.9 Å². The second-order valence-electron chi connectivity index (χ2n) is 5.96. The standard InChI is InChI=1S/C19H20BrClN2O3/c1-13(26-16-5-2-14(20)3-6-16)19(24)22-17-12-15(21)4-7-18(17)23-8-10-25-11-9-23/h2-7,12-13H,8-11H2,1H3,(H,22,24). The lowest BCUT2D eigenvalue weighted by Crippen LogP contribution is -2.37. The first-order valence-electron chi connectivity index (χ1n) is 8.38. The number of hydrogen-bond acceptors (Lipinski definition) is 4. The molecular formula is C19H20BrClN2O3. The summed E-state index contributed by atoms with van der Waals surface area (Å²) in [5, 5.41) is 3.51. The molecule has 1 amide bonds. The largest absolute Gasteiger partial charge is 0.481 e. The van der Waals surface area contributed by atoms with Gasteiger partial charge in [-0.05, 0) is 49.4 Å². The number of carbonyl (C=O) groups is 1. The summed E-state index contributed by atoms with van der Waals surface area (Å²) in [5.41, 5.74) is 1.61. The maximum Gasteiger partial charge on any atom is 0.265 e. The number of carbonyl (C=O) groups excluding carboxylic acids is 1. The van der Waals surface area contributed by atoms with E-state index in [1.54, 1.807) is 13.0 Å². The van der Waals surface area contributed by atoms with Crippen LogP contribution < -0.4 is 15.0 Å². The van der Waals surface area contributed by atoms with Crippen LogP contribution in [0.1, 0.15) is 6.92 Å². The van der Waals surface area contributed by atoms with Crippen molar-refractivity contribution in [1.29, 1.82) is 0 Å². The number of amides is 1. The fourth-order valence-electron chi connectivity index (χ4n) is 2.69. The number of anilines is 2. The summed E-state index contributed by atoms with van der Waals surface area (Å²) in [6, 6.07) is 12.9. The zero-order valence-corrected chi connectivity index (χ0v) is 16.7. The molecule has 1 heterocycles. The van der Waals surface area contributed by atoms with Gasteiger partial charge >= 0.3 is 0 Å². The molecular weight excluding hydrogens is 420 g/mol. The van der Waals surface area contributed by atoms with Crippen molar-refractivity contribution in [2.24, 2.45) is 0 Å². The SMILES string of the molecule is CC(Oc1ccc(Br)cc1)C(=O)Nc1cc(Cl)ccc1N1CCOCC1. The van der Waals surface area contributed by atoms with Crippen molar-refractivity contribution in [3.63, 3.8) is 0 Å². The highest BCUT2D eigenvalue weighted by molar-refractivity contribution is 9.10. The van der Waals surface area contributed by atoms with Gasteiger partial charge < -0.3 is 19.7 Å². The Balaban J connectivity index is 1.71. The zero-order chi connectivity index (χ0) is 18.5. The van der Waals surface area contributed by atoms with Crippen molar-refractivity contribution < 1.29 is 14.3 Å². The molecule has 7 heteroatoms. The van der Waals surface area contributed by atoms with Crippen LogP contribution in [-0.2, 0) is 9.53 Å². The maximum absolute atomic E-state index is 12.6. The Bertz CT molecular complexity index is 764. The number of benzene rings is 2. The highest BCUT2D eigenvalue weighted by Crippen LogP contribution is 2.30. The molecule has 0 aliphatic carbocycles. The Morgan fingerprint density at radius 3 is 2.62 bits per heavy atom.